The predicted molar refractivity (Wildman–Crippen MR) is 79.3 cm³/mol. The Morgan fingerprint density at radius 3 is 2.95 bits per heavy atom. The van der Waals surface area contributed by atoms with Crippen LogP contribution in [-0.2, 0) is 0 Å². The van der Waals surface area contributed by atoms with Crippen LogP contribution in [0.5, 0.6) is 0 Å². The number of para-hydroxylation sites is 1. The molecular formula is C13H9N5S2. The lowest BCUT2D eigenvalue weighted by atomic mass is 10.3. The summed E-state index contributed by atoms with van der Waals surface area (Å²) in [5.74, 6) is 0. The highest BCUT2D eigenvalue weighted by atomic mass is 32.2. The number of nitrogens with zero attached hydrogens (tertiary/aromatic N) is 5. The lowest BCUT2D eigenvalue weighted by Crippen LogP contribution is -1.91. The van der Waals surface area contributed by atoms with Gasteiger partial charge in [-0.3, -0.25) is 4.40 Å². The van der Waals surface area contributed by atoms with Gasteiger partial charge in [0, 0.05) is 11.9 Å². The zero-order valence-corrected chi connectivity index (χ0v) is 12.1. The van der Waals surface area contributed by atoms with E-state index in [4.69, 9.17) is 0 Å². The minimum atomic E-state index is 0.689. The van der Waals surface area contributed by atoms with Crippen molar-refractivity contribution in [2.75, 3.05) is 0 Å². The minimum absolute atomic E-state index is 0.689. The molecule has 0 saturated carbocycles. The monoisotopic (exact) mass is 299 g/mol. The normalized spacial score (nSPS) is 11.4. The van der Waals surface area contributed by atoms with Gasteiger partial charge in [0.05, 0.1) is 10.2 Å². The number of hydrogen-bond donors (Lipinski definition) is 0. The van der Waals surface area contributed by atoms with E-state index in [1.165, 1.54) is 16.5 Å². The molecule has 3 heterocycles. The summed E-state index contributed by atoms with van der Waals surface area (Å²) in [7, 11) is 0. The molecule has 0 aliphatic heterocycles. The van der Waals surface area contributed by atoms with E-state index in [0.29, 0.717) is 5.16 Å². The van der Waals surface area contributed by atoms with Crippen LogP contribution in [0.25, 0.3) is 15.2 Å². The number of fused-ring (bicyclic) bond motifs is 3. The summed E-state index contributed by atoms with van der Waals surface area (Å²) < 4.78 is 3.25. The molecule has 7 heteroatoms. The third-order valence-corrected chi connectivity index (χ3v) is 4.70. The van der Waals surface area contributed by atoms with Gasteiger partial charge in [-0.05, 0) is 36.9 Å². The van der Waals surface area contributed by atoms with E-state index in [2.05, 4.69) is 36.7 Å². The van der Waals surface area contributed by atoms with Gasteiger partial charge < -0.3 is 0 Å². The fourth-order valence-corrected chi connectivity index (χ4v) is 3.83. The molecule has 1 aromatic carbocycles. The summed E-state index contributed by atoms with van der Waals surface area (Å²) in [6.07, 6.45) is 1.76. The first-order chi connectivity index (χ1) is 9.81. The maximum Gasteiger partial charge on any atom is 0.217 e. The molecule has 98 valence electrons. The van der Waals surface area contributed by atoms with E-state index in [1.54, 1.807) is 17.5 Å². The second kappa shape index (κ2) is 4.53. The summed E-state index contributed by atoms with van der Waals surface area (Å²) in [5.41, 5.74) is 2.06. The molecule has 3 aromatic heterocycles. The molecule has 0 atom stereocenters. The topological polar surface area (TPSA) is 56.0 Å². The second-order valence-electron chi connectivity index (χ2n) is 4.25. The van der Waals surface area contributed by atoms with Crippen LogP contribution >= 0.6 is 23.1 Å². The van der Waals surface area contributed by atoms with Gasteiger partial charge in [0.15, 0.2) is 5.16 Å². The summed E-state index contributed by atoms with van der Waals surface area (Å²) in [6.45, 7) is 1.95. The second-order valence-corrected chi connectivity index (χ2v) is 6.20. The molecule has 0 fully saturated rings. The molecule has 0 radical (unpaired) electrons. The first-order valence-corrected chi connectivity index (χ1v) is 7.65. The SMILES string of the molecule is Cc1ccnc(Sc2nnc3sc4ccccc4n23)n1. The van der Waals surface area contributed by atoms with Crippen molar-refractivity contribution in [3.8, 4) is 0 Å². The summed E-state index contributed by atoms with van der Waals surface area (Å²) in [6, 6.07) is 10.1. The quantitative estimate of drug-likeness (QED) is 0.532. The zero-order valence-electron chi connectivity index (χ0n) is 10.5. The molecule has 4 rings (SSSR count). The van der Waals surface area contributed by atoms with Crippen LogP contribution in [0.1, 0.15) is 5.69 Å². The highest BCUT2D eigenvalue weighted by Gasteiger charge is 2.14. The van der Waals surface area contributed by atoms with Gasteiger partial charge in [0.25, 0.3) is 0 Å². The zero-order chi connectivity index (χ0) is 13.5. The molecule has 20 heavy (non-hydrogen) atoms. The van der Waals surface area contributed by atoms with Crippen LogP contribution in [0.4, 0.5) is 0 Å². The van der Waals surface area contributed by atoms with Crippen molar-refractivity contribution < 1.29 is 0 Å². The van der Waals surface area contributed by atoms with Gasteiger partial charge in [0.1, 0.15) is 0 Å². The Kier molecular flexibility index (Phi) is 2.68. The van der Waals surface area contributed by atoms with Crippen molar-refractivity contribution in [2.24, 2.45) is 0 Å². The third-order valence-electron chi connectivity index (χ3n) is 2.87. The first kappa shape index (κ1) is 11.8. The van der Waals surface area contributed by atoms with Crippen molar-refractivity contribution >= 4 is 38.3 Å². The number of hydrogen-bond acceptors (Lipinski definition) is 6. The number of rotatable bonds is 2. The Morgan fingerprint density at radius 2 is 2.05 bits per heavy atom. The van der Waals surface area contributed by atoms with Crippen LogP contribution in [0.2, 0.25) is 0 Å². The summed E-state index contributed by atoms with van der Waals surface area (Å²) >= 11 is 3.06. The van der Waals surface area contributed by atoms with E-state index < -0.39 is 0 Å². The molecule has 0 unspecified atom stereocenters. The van der Waals surface area contributed by atoms with Gasteiger partial charge in [-0.2, -0.15) is 0 Å². The van der Waals surface area contributed by atoms with Crippen molar-refractivity contribution in [1.82, 2.24) is 24.6 Å². The van der Waals surface area contributed by atoms with Gasteiger partial charge in [-0.1, -0.05) is 23.5 Å². The summed E-state index contributed by atoms with van der Waals surface area (Å²) in [5, 5.41) is 9.95. The number of aromatic nitrogens is 5. The molecule has 0 saturated heterocycles. The molecular weight excluding hydrogens is 290 g/mol. The van der Waals surface area contributed by atoms with Crippen LogP contribution < -0.4 is 0 Å². The van der Waals surface area contributed by atoms with Gasteiger partial charge >= 0.3 is 0 Å². The number of benzene rings is 1. The number of aryl methyl sites for hydroxylation is 1. The Hall–Kier alpha value is -1.99. The van der Waals surface area contributed by atoms with Crippen molar-refractivity contribution in [3.05, 3.63) is 42.2 Å². The van der Waals surface area contributed by atoms with Crippen LogP contribution in [0.3, 0.4) is 0 Å². The van der Waals surface area contributed by atoms with Crippen molar-refractivity contribution in [1.29, 1.82) is 0 Å². The lowest BCUT2D eigenvalue weighted by Gasteiger charge is -1.98. The molecule has 4 aromatic rings. The van der Waals surface area contributed by atoms with Crippen LogP contribution in [-0.4, -0.2) is 24.6 Å². The fourth-order valence-electron chi connectivity index (χ4n) is 1.98. The molecule has 0 N–H and O–H groups in total. The maximum absolute atomic E-state index is 4.39. The molecule has 0 aliphatic rings. The minimum Gasteiger partial charge on any atom is -0.260 e. The Labute approximate surface area is 122 Å². The average molecular weight is 299 g/mol. The van der Waals surface area contributed by atoms with Crippen LogP contribution in [0, 0.1) is 6.92 Å². The average Bonchev–Trinajstić information content (AvgIpc) is 2.99. The number of thiazole rings is 1. The Balaban J connectivity index is 1.87. The van der Waals surface area contributed by atoms with Gasteiger partial charge in [-0.25, -0.2) is 9.97 Å². The van der Waals surface area contributed by atoms with Gasteiger partial charge in [0.2, 0.25) is 10.1 Å². The smallest absolute Gasteiger partial charge is 0.217 e. The predicted octanol–water partition coefficient (Wildman–Crippen LogP) is 3.19. The summed E-state index contributed by atoms with van der Waals surface area (Å²) in [4.78, 5) is 9.54. The molecule has 5 nitrogen and oxygen atoms in total. The Bertz CT molecular complexity index is 911. The van der Waals surface area contributed by atoms with Crippen LogP contribution in [0.15, 0.2) is 46.8 Å². The van der Waals surface area contributed by atoms with Crippen molar-refractivity contribution in [2.45, 2.75) is 17.2 Å². The molecule has 0 aliphatic carbocycles. The molecule has 0 amide bonds. The largest absolute Gasteiger partial charge is 0.260 e. The van der Waals surface area contributed by atoms with Crippen molar-refractivity contribution in [3.63, 3.8) is 0 Å². The first-order valence-electron chi connectivity index (χ1n) is 6.01. The van der Waals surface area contributed by atoms with E-state index in [9.17, 15) is 0 Å². The maximum atomic E-state index is 4.39. The molecule has 0 spiro atoms. The lowest BCUT2D eigenvalue weighted by molar-refractivity contribution is 0.899. The van der Waals surface area contributed by atoms with E-state index in [1.807, 2.05) is 25.1 Å². The Morgan fingerprint density at radius 1 is 1.15 bits per heavy atom. The molecule has 0 bridgehead atoms. The van der Waals surface area contributed by atoms with E-state index in [0.717, 1.165) is 21.3 Å². The fraction of sp³-hybridized carbons (Fsp3) is 0.0769. The third kappa shape index (κ3) is 1.86. The highest BCUT2D eigenvalue weighted by molar-refractivity contribution is 7.99. The standard InChI is InChI=1S/C13H9N5S2/c1-8-6-7-14-11(15-8)20-13-17-16-12-18(13)9-4-2-3-5-10(9)19-12/h2-7H,1H3. The van der Waals surface area contributed by atoms with Gasteiger partial charge in [-0.15, -0.1) is 10.2 Å². The van der Waals surface area contributed by atoms with E-state index >= 15 is 0 Å². The van der Waals surface area contributed by atoms with E-state index in [-0.39, 0.29) is 0 Å². The highest BCUT2D eigenvalue weighted by Crippen LogP contribution is 2.31.